The molecule has 0 aromatic rings. The summed E-state index contributed by atoms with van der Waals surface area (Å²) < 4.78 is 6.04. The molecule has 7 heteroatoms. The maximum absolute atomic E-state index is 13.3. The molecule has 202 valence electrons. The van der Waals surface area contributed by atoms with Crippen LogP contribution in [0.4, 0.5) is 0 Å². The third-order valence-electron chi connectivity index (χ3n) is 9.29. The van der Waals surface area contributed by atoms with Crippen molar-refractivity contribution in [1.29, 1.82) is 5.41 Å². The Morgan fingerprint density at radius 2 is 1.72 bits per heavy atom. The molecule has 4 aliphatic rings. The Kier molecular flexibility index (Phi) is 9.54. The number of alkyl halides is 1. The summed E-state index contributed by atoms with van der Waals surface area (Å²) in [4.78, 5) is 25.3. The van der Waals surface area contributed by atoms with Crippen LogP contribution in [0.5, 0.6) is 0 Å². The van der Waals surface area contributed by atoms with Crippen LogP contribution in [0, 0.1) is 35.0 Å². The second-order valence-corrected chi connectivity index (χ2v) is 12.6. The lowest BCUT2D eigenvalue weighted by molar-refractivity contribution is -0.124. The minimum Gasteiger partial charge on any atom is -0.492 e. The molecule has 1 amide bonds. The number of hydrogen-bond donors (Lipinski definition) is 3. The van der Waals surface area contributed by atoms with Crippen LogP contribution in [-0.2, 0) is 14.3 Å². The van der Waals surface area contributed by atoms with Crippen LogP contribution >= 0.6 is 11.6 Å². The van der Waals surface area contributed by atoms with Crippen LogP contribution in [0.1, 0.15) is 97.3 Å². The standard InChI is InChI=1S/C29H45ClN2O4/c1-17(31)27(18(2)33)29(35)25-16-22-14-19(8-13-24(22)36-25)15-26(34)32-28(20-6-4-3-5-7-20)21-9-11-23(30)12-10-21/h16,19-24,27-29,31,35H,3-15H2,1-2H3,(H,32,34). The molecule has 0 aromatic heterocycles. The van der Waals surface area contributed by atoms with E-state index in [4.69, 9.17) is 21.7 Å². The van der Waals surface area contributed by atoms with Gasteiger partial charge in [-0.15, -0.1) is 11.6 Å². The Labute approximate surface area is 221 Å². The van der Waals surface area contributed by atoms with Gasteiger partial charge in [-0.1, -0.05) is 19.3 Å². The van der Waals surface area contributed by atoms with E-state index in [1.807, 2.05) is 6.08 Å². The maximum Gasteiger partial charge on any atom is 0.220 e. The molecule has 3 aliphatic carbocycles. The van der Waals surface area contributed by atoms with Gasteiger partial charge in [-0.3, -0.25) is 9.59 Å². The molecule has 3 fully saturated rings. The van der Waals surface area contributed by atoms with Crippen LogP contribution in [0.2, 0.25) is 0 Å². The number of carbonyl (C=O) groups is 2. The molecule has 0 aromatic carbocycles. The van der Waals surface area contributed by atoms with Gasteiger partial charge in [0.05, 0.1) is 5.92 Å². The van der Waals surface area contributed by atoms with Gasteiger partial charge in [-0.05, 0) is 95.5 Å². The molecule has 4 rings (SSSR count). The summed E-state index contributed by atoms with van der Waals surface area (Å²) in [6.07, 6.45) is 14.7. The summed E-state index contributed by atoms with van der Waals surface area (Å²) in [7, 11) is 0. The van der Waals surface area contributed by atoms with Gasteiger partial charge in [0.25, 0.3) is 0 Å². The monoisotopic (exact) mass is 520 g/mol. The Morgan fingerprint density at radius 3 is 2.36 bits per heavy atom. The highest BCUT2D eigenvalue weighted by Gasteiger charge is 2.41. The molecule has 1 aliphatic heterocycles. The molecule has 36 heavy (non-hydrogen) atoms. The molecule has 6 unspecified atom stereocenters. The van der Waals surface area contributed by atoms with Gasteiger partial charge in [-0.25, -0.2) is 0 Å². The fourth-order valence-electron chi connectivity index (χ4n) is 7.36. The number of rotatable bonds is 9. The van der Waals surface area contributed by atoms with E-state index in [2.05, 4.69) is 5.32 Å². The second kappa shape index (κ2) is 12.4. The predicted octanol–water partition coefficient (Wildman–Crippen LogP) is 5.54. The molecule has 0 radical (unpaired) electrons. The Bertz CT molecular complexity index is 817. The SMILES string of the molecule is CC(=N)C(C(C)=O)C(O)C1=CC2CC(CC(=O)NC(C3CCCCC3)C3CCC(Cl)CC3)CCC2O1. The first-order valence-corrected chi connectivity index (χ1v) is 14.7. The molecule has 0 bridgehead atoms. The van der Waals surface area contributed by atoms with E-state index < -0.39 is 12.0 Å². The second-order valence-electron chi connectivity index (χ2n) is 12.0. The normalized spacial score (nSPS) is 33.4. The number of halogens is 1. The molecular formula is C29H45ClN2O4. The topological polar surface area (TPSA) is 99.5 Å². The van der Waals surface area contributed by atoms with Crippen molar-refractivity contribution >= 4 is 29.0 Å². The third kappa shape index (κ3) is 6.72. The minimum atomic E-state index is -1.10. The fourth-order valence-corrected chi connectivity index (χ4v) is 7.61. The number of Topliss-reactive ketones (excluding diaryl/α,β-unsaturated/α-hetero) is 1. The number of aliphatic hydroxyl groups excluding tert-OH is 1. The van der Waals surface area contributed by atoms with Crippen LogP contribution in [0.15, 0.2) is 11.8 Å². The van der Waals surface area contributed by atoms with Gasteiger partial charge in [0.2, 0.25) is 5.91 Å². The van der Waals surface area contributed by atoms with Gasteiger partial charge in [0, 0.05) is 29.5 Å². The molecule has 0 saturated heterocycles. The van der Waals surface area contributed by atoms with Crippen LogP contribution in [0.3, 0.4) is 0 Å². The highest BCUT2D eigenvalue weighted by molar-refractivity contribution is 6.20. The molecule has 1 heterocycles. The zero-order chi connectivity index (χ0) is 25.8. The number of carbonyl (C=O) groups excluding carboxylic acids is 2. The average molecular weight is 521 g/mol. The molecule has 3 saturated carbocycles. The van der Waals surface area contributed by atoms with Gasteiger partial charge >= 0.3 is 0 Å². The highest BCUT2D eigenvalue weighted by atomic mass is 35.5. The first kappa shape index (κ1) is 27.6. The Balaban J connectivity index is 1.34. The van der Waals surface area contributed by atoms with Crippen LogP contribution in [0.25, 0.3) is 0 Å². The summed E-state index contributed by atoms with van der Waals surface area (Å²) in [6, 6.07) is 0.280. The van der Waals surface area contributed by atoms with Crippen molar-refractivity contribution in [1.82, 2.24) is 5.32 Å². The highest BCUT2D eigenvalue weighted by Crippen LogP contribution is 2.41. The number of ether oxygens (including phenoxy) is 1. The van der Waals surface area contributed by atoms with Crippen molar-refractivity contribution in [3.05, 3.63) is 11.8 Å². The number of ketones is 1. The predicted molar refractivity (Wildman–Crippen MR) is 142 cm³/mol. The van der Waals surface area contributed by atoms with Crippen molar-refractivity contribution < 1.29 is 19.4 Å². The van der Waals surface area contributed by atoms with Crippen LogP contribution in [-0.4, -0.2) is 46.1 Å². The van der Waals surface area contributed by atoms with Crippen molar-refractivity contribution in [2.75, 3.05) is 0 Å². The van der Waals surface area contributed by atoms with Crippen molar-refractivity contribution in [3.63, 3.8) is 0 Å². The number of fused-ring (bicyclic) bond motifs is 1. The third-order valence-corrected chi connectivity index (χ3v) is 9.73. The molecule has 0 spiro atoms. The maximum atomic E-state index is 13.3. The summed E-state index contributed by atoms with van der Waals surface area (Å²) in [5.41, 5.74) is 0.149. The summed E-state index contributed by atoms with van der Waals surface area (Å²) in [5, 5.41) is 22.4. The Morgan fingerprint density at radius 1 is 1.06 bits per heavy atom. The van der Waals surface area contributed by atoms with Crippen molar-refractivity contribution in [2.45, 2.75) is 121 Å². The summed E-state index contributed by atoms with van der Waals surface area (Å²) >= 11 is 6.38. The van der Waals surface area contributed by atoms with Crippen molar-refractivity contribution in [2.24, 2.45) is 29.6 Å². The molecule has 3 N–H and O–H groups in total. The van der Waals surface area contributed by atoms with E-state index in [1.165, 1.54) is 39.0 Å². The van der Waals surface area contributed by atoms with E-state index in [0.717, 1.165) is 44.9 Å². The molecule has 6 atom stereocenters. The molecular weight excluding hydrogens is 476 g/mol. The zero-order valence-electron chi connectivity index (χ0n) is 22.0. The first-order valence-electron chi connectivity index (χ1n) is 14.3. The van der Waals surface area contributed by atoms with E-state index in [1.54, 1.807) is 6.92 Å². The minimum absolute atomic E-state index is 0.00617. The smallest absolute Gasteiger partial charge is 0.220 e. The molecule has 6 nitrogen and oxygen atoms in total. The summed E-state index contributed by atoms with van der Waals surface area (Å²) in [5.74, 6) is 1.10. The van der Waals surface area contributed by atoms with E-state index in [0.29, 0.717) is 29.9 Å². The number of nitrogens with one attached hydrogen (secondary N) is 2. The summed E-state index contributed by atoms with van der Waals surface area (Å²) in [6.45, 7) is 2.96. The number of hydrogen-bond acceptors (Lipinski definition) is 5. The Hall–Kier alpha value is -1.40. The van der Waals surface area contributed by atoms with Gasteiger partial charge in [-0.2, -0.15) is 0 Å². The zero-order valence-corrected chi connectivity index (χ0v) is 22.8. The van der Waals surface area contributed by atoms with Gasteiger partial charge in [0.15, 0.2) is 0 Å². The van der Waals surface area contributed by atoms with E-state index in [9.17, 15) is 14.7 Å². The lowest BCUT2D eigenvalue weighted by atomic mass is 9.73. The number of amides is 1. The van der Waals surface area contributed by atoms with Crippen molar-refractivity contribution in [3.8, 4) is 0 Å². The van der Waals surface area contributed by atoms with Crippen LogP contribution < -0.4 is 5.32 Å². The van der Waals surface area contributed by atoms with E-state index in [-0.39, 0.29) is 40.8 Å². The van der Waals surface area contributed by atoms with Gasteiger partial charge < -0.3 is 20.6 Å². The van der Waals surface area contributed by atoms with Gasteiger partial charge in [0.1, 0.15) is 23.8 Å². The lowest BCUT2D eigenvalue weighted by Gasteiger charge is -2.39. The average Bonchev–Trinajstić information content (AvgIpc) is 3.27. The largest absolute Gasteiger partial charge is 0.492 e. The quantitative estimate of drug-likeness (QED) is 0.274. The van der Waals surface area contributed by atoms with E-state index >= 15 is 0 Å². The fraction of sp³-hybridized carbons (Fsp3) is 0.828. The number of aliphatic hydroxyl groups is 1. The first-order chi connectivity index (χ1) is 17.2. The lowest BCUT2D eigenvalue weighted by Crippen LogP contribution is -2.47.